The molecule has 0 aromatic heterocycles. The molecule has 0 saturated carbocycles. The third kappa shape index (κ3) is 2.34. The minimum Gasteiger partial charge on any atom is -0.386 e. The number of rotatable bonds is 2. The average molecular weight is 207 g/mol. The number of aliphatic hydroxyl groups is 1. The van der Waals surface area contributed by atoms with E-state index in [1.807, 2.05) is 30.3 Å². The molecule has 80 valence electrons. The van der Waals surface area contributed by atoms with E-state index in [0.29, 0.717) is 6.54 Å². The van der Waals surface area contributed by atoms with E-state index < -0.39 is 6.10 Å². The summed E-state index contributed by atoms with van der Waals surface area (Å²) < 4.78 is 5.24. The van der Waals surface area contributed by atoms with Gasteiger partial charge in [0, 0.05) is 6.54 Å². The zero-order valence-corrected chi connectivity index (χ0v) is 8.22. The van der Waals surface area contributed by atoms with E-state index in [9.17, 15) is 9.90 Å². The van der Waals surface area contributed by atoms with Crippen molar-refractivity contribution in [2.75, 3.05) is 13.2 Å². The Balaban J connectivity index is 2.02. The van der Waals surface area contributed by atoms with Crippen LogP contribution in [0, 0.1) is 0 Å². The van der Waals surface area contributed by atoms with Crippen molar-refractivity contribution in [2.45, 2.75) is 12.2 Å². The van der Waals surface area contributed by atoms with Crippen LogP contribution in [0.3, 0.4) is 0 Å². The molecule has 1 aromatic carbocycles. The number of amides is 1. The van der Waals surface area contributed by atoms with Gasteiger partial charge >= 0.3 is 0 Å². The van der Waals surface area contributed by atoms with Gasteiger partial charge in [0.2, 0.25) is 5.91 Å². The molecule has 1 aromatic rings. The molecular formula is C11H13NO3. The van der Waals surface area contributed by atoms with Gasteiger partial charge in [0.15, 0.2) is 0 Å². The van der Waals surface area contributed by atoms with Crippen LogP contribution in [0.4, 0.5) is 0 Å². The van der Waals surface area contributed by atoms with Crippen molar-refractivity contribution in [1.29, 1.82) is 0 Å². The highest BCUT2D eigenvalue weighted by molar-refractivity contribution is 5.77. The van der Waals surface area contributed by atoms with Gasteiger partial charge < -0.3 is 15.2 Å². The lowest BCUT2D eigenvalue weighted by atomic mass is 10.0. The van der Waals surface area contributed by atoms with Crippen molar-refractivity contribution in [3.05, 3.63) is 35.9 Å². The van der Waals surface area contributed by atoms with E-state index >= 15 is 0 Å². The lowest BCUT2D eigenvalue weighted by molar-refractivity contribution is -0.138. The number of aliphatic hydroxyl groups excluding tert-OH is 1. The molecule has 0 spiro atoms. The normalized spacial score (nSPS) is 23.3. The molecule has 0 radical (unpaired) electrons. The van der Waals surface area contributed by atoms with Crippen LogP contribution in [0.1, 0.15) is 11.7 Å². The Morgan fingerprint density at radius 1 is 1.40 bits per heavy atom. The van der Waals surface area contributed by atoms with Crippen molar-refractivity contribution in [2.24, 2.45) is 0 Å². The van der Waals surface area contributed by atoms with E-state index in [-0.39, 0.29) is 18.6 Å². The number of hydrogen-bond acceptors (Lipinski definition) is 3. The van der Waals surface area contributed by atoms with Gasteiger partial charge in [-0.2, -0.15) is 0 Å². The van der Waals surface area contributed by atoms with Crippen molar-refractivity contribution in [3.63, 3.8) is 0 Å². The first-order valence-electron chi connectivity index (χ1n) is 4.88. The van der Waals surface area contributed by atoms with Gasteiger partial charge in [0.05, 0.1) is 0 Å². The highest BCUT2D eigenvalue weighted by Crippen LogP contribution is 2.19. The van der Waals surface area contributed by atoms with Crippen LogP contribution in [0.5, 0.6) is 0 Å². The summed E-state index contributed by atoms with van der Waals surface area (Å²) in [5.74, 6) is -0.133. The Bertz CT molecular complexity index is 329. The summed E-state index contributed by atoms with van der Waals surface area (Å²) in [5, 5.41) is 12.6. The molecular weight excluding hydrogens is 194 g/mol. The maximum absolute atomic E-state index is 10.8. The maximum Gasteiger partial charge on any atom is 0.246 e. The summed E-state index contributed by atoms with van der Waals surface area (Å²) >= 11 is 0. The predicted octanol–water partition coefficient (Wildman–Crippen LogP) is 0.235. The van der Waals surface area contributed by atoms with Crippen LogP contribution in [-0.2, 0) is 9.53 Å². The van der Waals surface area contributed by atoms with Crippen molar-refractivity contribution in [3.8, 4) is 0 Å². The Morgan fingerprint density at radius 2 is 2.13 bits per heavy atom. The topological polar surface area (TPSA) is 58.6 Å². The number of morpholine rings is 1. The summed E-state index contributed by atoms with van der Waals surface area (Å²) in [7, 11) is 0. The molecule has 0 unspecified atom stereocenters. The Labute approximate surface area is 87.9 Å². The van der Waals surface area contributed by atoms with E-state index in [1.165, 1.54) is 0 Å². The van der Waals surface area contributed by atoms with Gasteiger partial charge in [-0.25, -0.2) is 0 Å². The monoisotopic (exact) mass is 207 g/mol. The van der Waals surface area contributed by atoms with Crippen molar-refractivity contribution < 1.29 is 14.6 Å². The van der Waals surface area contributed by atoms with E-state index in [2.05, 4.69) is 5.32 Å². The quantitative estimate of drug-likeness (QED) is 0.730. The zero-order chi connectivity index (χ0) is 10.7. The fraction of sp³-hybridized carbons (Fsp3) is 0.364. The van der Waals surface area contributed by atoms with Crippen molar-refractivity contribution >= 4 is 5.91 Å². The largest absolute Gasteiger partial charge is 0.386 e. The van der Waals surface area contributed by atoms with Gasteiger partial charge in [-0.05, 0) is 5.56 Å². The van der Waals surface area contributed by atoms with E-state index in [1.54, 1.807) is 0 Å². The molecule has 1 fully saturated rings. The van der Waals surface area contributed by atoms with Crippen LogP contribution in [-0.4, -0.2) is 30.3 Å². The molecule has 1 aliphatic rings. The van der Waals surface area contributed by atoms with Crippen LogP contribution < -0.4 is 5.32 Å². The van der Waals surface area contributed by atoms with Gasteiger partial charge in [-0.1, -0.05) is 30.3 Å². The lowest BCUT2D eigenvalue weighted by Crippen LogP contribution is -2.45. The molecule has 4 nitrogen and oxygen atoms in total. The number of ether oxygens (including phenoxy) is 1. The van der Waals surface area contributed by atoms with E-state index in [4.69, 9.17) is 4.74 Å². The SMILES string of the molecule is O=C1CO[C@H]([C@H](O)c2ccccc2)CN1. The molecule has 2 rings (SSSR count). The van der Waals surface area contributed by atoms with E-state index in [0.717, 1.165) is 5.56 Å². The summed E-state index contributed by atoms with van der Waals surface area (Å²) in [6, 6.07) is 9.29. The third-order valence-electron chi connectivity index (χ3n) is 2.42. The zero-order valence-electron chi connectivity index (χ0n) is 8.22. The first-order valence-corrected chi connectivity index (χ1v) is 4.88. The number of carbonyl (C=O) groups is 1. The summed E-state index contributed by atoms with van der Waals surface area (Å²) in [5.41, 5.74) is 0.804. The summed E-state index contributed by atoms with van der Waals surface area (Å²) in [4.78, 5) is 10.8. The smallest absolute Gasteiger partial charge is 0.246 e. The minimum absolute atomic E-state index is 0.0224. The molecule has 0 bridgehead atoms. The number of hydrogen-bond donors (Lipinski definition) is 2. The third-order valence-corrected chi connectivity index (χ3v) is 2.42. The van der Waals surface area contributed by atoms with Gasteiger partial charge in [0.25, 0.3) is 0 Å². The Hall–Kier alpha value is -1.39. The van der Waals surface area contributed by atoms with Crippen LogP contribution in [0.2, 0.25) is 0 Å². The molecule has 1 heterocycles. The van der Waals surface area contributed by atoms with Gasteiger partial charge in [-0.3, -0.25) is 4.79 Å². The van der Waals surface area contributed by atoms with Crippen LogP contribution in [0.25, 0.3) is 0 Å². The highest BCUT2D eigenvalue weighted by Gasteiger charge is 2.26. The highest BCUT2D eigenvalue weighted by atomic mass is 16.5. The molecule has 4 heteroatoms. The molecule has 1 aliphatic heterocycles. The summed E-state index contributed by atoms with van der Waals surface area (Å²) in [6.45, 7) is 0.378. The molecule has 1 amide bonds. The van der Waals surface area contributed by atoms with Crippen LogP contribution in [0.15, 0.2) is 30.3 Å². The maximum atomic E-state index is 10.8. The first-order chi connectivity index (χ1) is 7.27. The van der Waals surface area contributed by atoms with Gasteiger partial charge in [0.1, 0.15) is 18.8 Å². The molecule has 2 N–H and O–H groups in total. The second-order valence-electron chi connectivity index (χ2n) is 3.51. The molecule has 1 saturated heterocycles. The fourth-order valence-corrected chi connectivity index (χ4v) is 1.57. The average Bonchev–Trinajstić information content (AvgIpc) is 2.30. The summed E-state index contributed by atoms with van der Waals surface area (Å²) in [6.07, 6.45) is -1.04. The number of nitrogens with one attached hydrogen (secondary N) is 1. The van der Waals surface area contributed by atoms with Crippen molar-refractivity contribution in [1.82, 2.24) is 5.32 Å². The lowest BCUT2D eigenvalue weighted by Gasteiger charge is -2.27. The first kappa shape index (κ1) is 10.1. The second kappa shape index (κ2) is 4.42. The number of carbonyl (C=O) groups excluding carboxylic acids is 1. The van der Waals surface area contributed by atoms with Crippen LogP contribution >= 0.6 is 0 Å². The Morgan fingerprint density at radius 3 is 2.73 bits per heavy atom. The molecule has 0 aliphatic carbocycles. The second-order valence-corrected chi connectivity index (χ2v) is 3.51. The minimum atomic E-state index is -0.688. The fourth-order valence-electron chi connectivity index (χ4n) is 1.57. The standard InChI is InChI=1S/C11H13NO3/c13-10-7-15-9(6-12-10)11(14)8-4-2-1-3-5-8/h1-5,9,11,14H,6-7H2,(H,12,13)/t9-,11+/m0/s1. The van der Waals surface area contributed by atoms with Gasteiger partial charge in [-0.15, -0.1) is 0 Å². The predicted molar refractivity (Wildman–Crippen MR) is 54.2 cm³/mol. The Kier molecular flexibility index (Phi) is 2.99. The molecule has 15 heavy (non-hydrogen) atoms. The number of benzene rings is 1. The molecule has 2 atom stereocenters.